The second-order valence-electron chi connectivity index (χ2n) is 5.19. The van der Waals surface area contributed by atoms with E-state index in [1.165, 1.54) is 11.9 Å². The monoisotopic (exact) mass is 296 g/mol. The third kappa shape index (κ3) is 3.69. The van der Waals surface area contributed by atoms with E-state index in [-0.39, 0.29) is 5.91 Å². The predicted octanol–water partition coefficient (Wildman–Crippen LogP) is 3.25. The molecule has 0 aliphatic heterocycles. The van der Waals surface area contributed by atoms with Crippen LogP contribution in [-0.2, 0) is 0 Å². The Morgan fingerprint density at radius 1 is 1.18 bits per heavy atom. The highest BCUT2D eigenvalue weighted by Gasteiger charge is 2.12. The van der Waals surface area contributed by atoms with Crippen molar-refractivity contribution in [3.05, 3.63) is 59.6 Å². The molecule has 1 aromatic heterocycles. The number of rotatable bonds is 5. The summed E-state index contributed by atoms with van der Waals surface area (Å²) in [5.41, 5.74) is 4.39. The summed E-state index contributed by atoms with van der Waals surface area (Å²) < 4.78 is 0. The SMILES string of the molecule is C=CCNc1cc(C(=O)Nc2c(C)cc(C)cc2C)ncn1. The number of benzene rings is 1. The first-order chi connectivity index (χ1) is 10.5. The maximum atomic E-state index is 12.4. The van der Waals surface area contributed by atoms with Crippen LogP contribution in [0, 0.1) is 20.8 Å². The maximum Gasteiger partial charge on any atom is 0.274 e. The molecule has 1 aromatic carbocycles. The van der Waals surface area contributed by atoms with E-state index in [2.05, 4.69) is 27.2 Å². The number of hydrogen-bond donors (Lipinski definition) is 2. The molecular weight excluding hydrogens is 276 g/mol. The maximum absolute atomic E-state index is 12.4. The van der Waals surface area contributed by atoms with Crippen LogP contribution >= 0.6 is 0 Å². The Kier molecular flexibility index (Phi) is 4.88. The number of nitrogens with zero attached hydrogens (tertiary/aromatic N) is 2. The molecule has 114 valence electrons. The van der Waals surface area contributed by atoms with Crippen molar-refractivity contribution in [2.24, 2.45) is 0 Å². The van der Waals surface area contributed by atoms with Gasteiger partial charge in [-0.3, -0.25) is 4.79 Å². The Balaban J connectivity index is 2.21. The number of aromatic nitrogens is 2. The summed E-state index contributed by atoms with van der Waals surface area (Å²) in [5, 5.41) is 5.96. The zero-order valence-corrected chi connectivity index (χ0v) is 13.1. The number of hydrogen-bond acceptors (Lipinski definition) is 4. The van der Waals surface area contributed by atoms with Gasteiger partial charge in [-0.2, -0.15) is 0 Å². The lowest BCUT2D eigenvalue weighted by molar-refractivity contribution is 0.102. The van der Waals surface area contributed by atoms with Crippen LogP contribution in [0.4, 0.5) is 11.5 Å². The van der Waals surface area contributed by atoms with Crippen LogP contribution < -0.4 is 10.6 Å². The largest absolute Gasteiger partial charge is 0.366 e. The van der Waals surface area contributed by atoms with Gasteiger partial charge in [0.15, 0.2) is 0 Å². The van der Waals surface area contributed by atoms with Crippen LogP contribution in [0.25, 0.3) is 0 Å². The molecule has 1 amide bonds. The van der Waals surface area contributed by atoms with E-state index in [0.29, 0.717) is 18.1 Å². The molecule has 5 heteroatoms. The van der Waals surface area contributed by atoms with E-state index < -0.39 is 0 Å². The van der Waals surface area contributed by atoms with Crippen molar-refractivity contribution in [1.82, 2.24) is 9.97 Å². The van der Waals surface area contributed by atoms with Gasteiger partial charge >= 0.3 is 0 Å². The molecule has 0 unspecified atom stereocenters. The number of carbonyl (C=O) groups excluding carboxylic acids is 1. The minimum Gasteiger partial charge on any atom is -0.366 e. The minimum atomic E-state index is -0.251. The summed E-state index contributed by atoms with van der Waals surface area (Å²) in [6, 6.07) is 5.71. The summed E-state index contributed by atoms with van der Waals surface area (Å²) in [7, 11) is 0. The third-order valence-electron chi connectivity index (χ3n) is 3.24. The average molecular weight is 296 g/mol. The summed E-state index contributed by atoms with van der Waals surface area (Å²) in [6.45, 7) is 10.2. The molecule has 0 radical (unpaired) electrons. The lowest BCUT2D eigenvalue weighted by Crippen LogP contribution is -2.16. The summed E-state index contributed by atoms with van der Waals surface area (Å²) >= 11 is 0. The molecule has 0 aliphatic carbocycles. The first-order valence-electron chi connectivity index (χ1n) is 7.07. The molecule has 0 saturated carbocycles. The smallest absolute Gasteiger partial charge is 0.274 e. The van der Waals surface area contributed by atoms with E-state index in [9.17, 15) is 4.79 Å². The molecule has 0 aliphatic rings. The molecule has 0 spiro atoms. The fourth-order valence-electron chi connectivity index (χ4n) is 2.31. The third-order valence-corrected chi connectivity index (χ3v) is 3.24. The fourth-order valence-corrected chi connectivity index (χ4v) is 2.31. The summed E-state index contributed by atoms with van der Waals surface area (Å²) in [4.78, 5) is 20.5. The average Bonchev–Trinajstić information content (AvgIpc) is 2.49. The number of amides is 1. The summed E-state index contributed by atoms with van der Waals surface area (Å²) in [6.07, 6.45) is 3.09. The first kappa shape index (κ1) is 15.7. The van der Waals surface area contributed by atoms with Gasteiger partial charge < -0.3 is 10.6 Å². The van der Waals surface area contributed by atoms with Crippen LogP contribution in [0.1, 0.15) is 27.2 Å². The van der Waals surface area contributed by atoms with Crippen LogP contribution in [0.15, 0.2) is 37.2 Å². The van der Waals surface area contributed by atoms with Crippen molar-refractivity contribution in [2.45, 2.75) is 20.8 Å². The van der Waals surface area contributed by atoms with Crippen molar-refractivity contribution in [3.63, 3.8) is 0 Å². The first-order valence-corrected chi connectivity index (χ1v) is 7.07. The van der Waals surface area contributed by atoms with Crippen LogP contribution in [-0.4, -0.2) is 22.4 Å². The van der Waals surface area contributed by atoms with Crippen LogP contribution in [0.3, 0.4) is 0 Å². The zero-order valence-electron chi connectivity index (χ0n) is 13.1. The van der Waals surface area contributed by atoms with E-state index in [1.54, 1.807) is 12.1 Å². The molecular formula is C17H20N4O. The van der Waals surface area contributed by atoms with E-state index in [1.807, 2.05) is 32.9 Å². The van der Waals surface area contributed by atoms with Crippen molar-refractivity contribution in [1.29, 1.82) is 0 Å². The van der Waals surface area contributed by atoms with E-state index >= 15 is 0 Å². The predicted molar refractivity (Wildman–Crippen MR) is 89.3 cm³/mol. The Hall–Kier alpha value is -2.69. The van der Waals surface area contributed by atoms with Gasteiger partial charge in [0.25, 0.3) is 5.91 Å². The normalized spacial score (nSPS) is 10.1. The van der Waals surface area contributed by atoms with Crippen molar-refractivity contribution >= 4 is 17.4 Å². The van der Waals surface area contributed by atoms with E-state index in [0.717, 1.165) is 16.8 Å². The van der Waals surface area contributed by atoms with Gasteiger partial charge in [-0.15, -0.1) is 6.58 Å². The number of carbonyl (C=O) groups is 1. The van der Waals surface area contributed by atoms with Crippen molar-refractivity contribution < 1.29 is 4.79 Å². The number of nitrogens with one attached hydrogen (secondary N) is 2. The van der Waals surface area contributed by atoms with Gasteiger partial charge in [-0.1, -0.05) is 23.8 Å². The molecule has 5 nitrogen and oxygen atoms in total. The van der Waals surface area contributed by atoms with Crippen molar-refractivity contribution in [2.75, 3.05) is 17.2 Å². The Bertz CT molecular complexity index is 687. The molecule has 0 bridgehead atoms. The second kappa shape index (κ2) is 6.85. The van der Waals surface area contributed by atoms with Gasteiger partial charge in [0.1, 0.15) is 17.8 Å². The molecule has 2 N–H and O–H groups in total. The highest BCUT2D eigenvalue weighted by Crippen LogP contribution is 2.22. The Morgan fingerprint density at radius 2 is 1.86 bits per heavy atom. The van der Waals surface area contributed by atoms with Gasteiger partial charge in [0.05, 0.1) is 0 Å². The molecule has 22 heavy (non-hydrogen) atoms. The molecule has 0 saturated heterocycles. The lowest BCUT2D eigenvalue weighted by Gasteiger charge is -2.12. The fraction of sp³-hybridized carbons (Fsp3) is 0.235. The van der Waals surface area contributed by atoms with Gasteiger partial charge in [0, 0.05) is 18.3 Å². The molecule has 1 heterocycles. The van der Waals surface area contributed by atoms with E-state index in [4.69, 9.17) is 0 Å². The molecule has 2 rings (SSSR count). The van der Waals surface area contributed by atoms with Crippen LogP contribution in [0.5, 0.6) is 0 Å². The molecule has 2 aromatic rings. The van der Waals surface area contributed by atoms with Gasteiger partial charge in [-0.25, -0.2) is 9.97 Å². The van der Waals surface area contributed by atoms with Crippen LogP contribution in [0.2, 0.25) is 0 Å². The zero-order chi connectivity index (χ0) is 16.1. The van der Waals surface area contributed by atoms with Gasteiger partial charge in [0.2, 0.25) is 0 Å². The standard InChI is InChI=1S/C17H20N4O/c1-5-6-18-15-9-14(19-10-20-15)17(22)21-16-12(3)7-11(2)8-13(16)4/h5,7-10H,1,6H2,2-4H3,(H,21,22)(H,18,19,20). The minimum absolute atomic E-state index is 0.251. The molecule has 0 fully saturated rings. The summed E-state index contributed by atoms with van der Waals surface area (Å²) in [5.74, 6) is 0.344. The second-order valence-corrected chi connectivity index (χ2v) is 5.19. The Labute approximate surface area is 130 Å². The quantitative estimate of drug-likeness (QED) is 0.831. The highest BCUT2D eigenvalue weighted by atomic mass is 16.1. The highest BCUT2D eigenvalue weighted by molar-refractivity contribution is 6.04. The topological polar surface area (TPSA) is 66.9 Å². The van der Waals surface area contributed by atoms with Crippen molar-refractivity contribution in [3.8, 4) is 0 Å². The Morgan fingerprint density at radius 3 is 2.50 bits per heavy atom. The molecule has 0 atom stereocenters. The number of aryl methyl sites for hydroxylation is 3. The van der Waals surface area contributed by atoms with Gasteiger partial charge in [-0.05, 0) is 31.9 Å². The number of anilines is 2. The lowest BCUT2D eigenvalue weighted by atomic mass is 10.1.